The van der Waals surface area contributed by atoms with E-state index in [4.69, 9.17) is 15.2 Å². The number of esters is 1. The molecule has 1 aliphatic heterocycles. The van der Waals surface area contributed by atoms with Gasteiger partial charge in [0.2, 0.25) is 0 Å². The van der Waals surface area contributed by atoms with Crippen LogP contribution in [0.25, 0.3) is 0 Å². The Morgan fingerprint density at radius 1 is 1.16 bits per heavy atom. The van der Waals surface area contributed by atoms with E-state index in [1.165, 1.54) is 0 Å². The Kier molecular flexibility index (Phi) is 4.97. The minimum Gasteiger partial charge on any atom is -0.497 e. The van der Waals surface area contributed by atoms with Crippen LogP contribution in [0.3, 0.4) is 0 Å². The molecule has 3 aromatic rings. The number of aromatic nitrogens is 3. The second kappa shape index (κ2) is 7.63. The number of pyridine rings is 1. The lowest BCUT2D eigenvalue weighted by atomic mass is 9.82. The molecule has 160 valence electrons. The highest BCUT2D eigenvalue weighted by Crippen LogP contribution is 2.45. The van der Waals surface area contributed by atoms with Gasteiger partial charge in [-0.1, -0.05) is 12.1 Å². The third-order valence-corrected chi connectivity index (χ3v) is 5.18. The van der Waals surface area contributed by atoms with Crippen LogP contribution in [0.5, 0.6) is 5.75 Å². The molecule has 0 radical (unpaired) electrons. The van der Waals surface area contributed by atoms with Crippen molar-refractivity contribution in [1.82, 2.24) is 15.0 Å². The predicted octanol–water partition coefficient (Wildman–Crippen LogP) is 1.77. The zero-order valence-corrected chi connectivity index (χ0v) is 17.2. The minimum atomic E-state index is -0.695. The van der Waals surface area contributed by atoms with Crippen molar-refractivity contribution in [1.29, 1.82) is 0 Å². The molecule has 0 bridgehead atoms. The van der Waals surface area contributed by atoms with Crippen LogP contribution in [0, 0.1) is 6.92 Å². The van der Waals surface area contributed by atoms with Crippen LogP contribution in [0.2, 0.25) is 0 Å². The number of ether oxygens (including phenoxy) is 2. The largest absolute Gasteiger partial charge is 0.497 e. The van der Waals surface area contributed by atoms with Gasteiger partial charge in [0.25, 0.3) is 5.56 Å². The second-order valence-electron chi connectivity index (χ2n) is 7.00. The van der Waals surface area contributed by atoms with E-state index in [1.807, 2.05) is 0 Å². The summed E-state index contributed by atoms with van der Waals surface area (Å²) in [6, 6.07) is 7.08. The second-order valence-corrected chi connectivity index (χ2v) is 7.00. The van der Waals surface area contributed by atoms with Crippen molar-refractivity contribution in [2.75, 3.05) is 24.8 Å². The lowest BCUT2D eigenvalue weighted by molar-refractivity contribution is 0.0526. The van der Waals surface area contributed by atoms with E-state index in [9.17, 15) is 14.4 Å². The summed E-state index contributed by atoms with van der Waals surface area (Å²) in [6.45, 7) is 3.52. The van der Waals surface area contributed by atoms with E-state index in [0.29, 0.717) is 28.4 Å². The lowest BCUT2D eigenvalue weighted by Gasteiger charge is -2.30. The van der Waals surface area contributed by atoms with E-state index in [-0.39, 0.29) is 29.2 Å². The van der Waals surface area contributed by atoms with Gasteiger partial charge < -0.3 is 20.5 Å². The predicted molar refractivity (Wildman–Crippen MR) is 114 cm³/mol. The van der Waals surface area contributed by atoms with E-state index in [0.717, 1.165) is 0 Å². The number of anilines is 3. The molecule has 1 unspecified atom stereocenters. The molecule has 0 fully saturated rings. The molecule has 10 nitrogen and oxygen atoms in total. The number of nitrogens with zero attached hydrogens (tertiary/aromatic N) is 1. The van der Waals surface area contributed by atoms with Gasteiger partial charge in [-0.2, -0.15) is 0 Å². The zero-order chi connectivity index (χ0) is 22.3. The molecule has 1 atom stereocenters. The van der Waals surface area contributed by atoms with Gasteiger partial charge in [0.1, 0.15) is 22.9 Å². The van der Waals surface area contributed by atoms with Crippen molar-refractivity contribution in [3.63, 3.8) is 0 Å². The maximum atomic E-state index is 12.8. The van der Waals surface area contributed by atoms with Gasteiger partial charge in [0.15, 0.2) is 0 Å². The van der Waals surface area contributed by atoms with E-state index >= 15 is 0 Å². The van der Waals surface area contributed by atoms with Gasteiger partial charge in [-0.25, -0.2) is 14.6 Å². The molecule has 5 N–H and O–H groups in total. The van der Waals surface area contributed by atoms with Gasteiger partial charge in [-0.05, 0) is 31.5 Å². The first-order valence-corrected chi connectivity index (χ1v) is 9.60. The number of hydrogen-bond acceptors (Lipinski definition) is 8. The molecule has 1 aromatic carbocycles. The number of carbonyl (C=O) groups excluding carboxylic acids is 1. The van der Waals surface area contributed by atoms with Crippen molar-refractivity contribution in [3.8, 4) is 5.75 Å². The van der Waals surface area contributed by atoms with Gasteiger partial charge in [0, 0.05) is 11.5 Å². The number of methoxy groups -OCH3 is 1. The van der Waals surface area contributed by atoms with E-state index in [2.05, 4.69) is 20.3 Å². The van der Waals surface area contributed by atoms with Crippen molar-refractivity contribution in [3.05, 3.63) is 73.1 Å². The average Bonchev–Trinajstić information content (AvgIpc) is 2.72. The number of fused-ring (bicyclic) bond motifs is 2. The van der Waals surface area contributed by atoms with Crippen LogP contribution < -0.4 is 27.0 Å². The van der Waals surface area contributed by atoms with Crippen LogP contribution >= 0.6 is 0 Å². The van der Waals surface area contributed by atoms with E-state index < -0.39 is 23.1 Å². The average molecular weight is 423 g/mol. The highest BCUT2D eigenvalue weighted by atomic mass is 16.5. The topological polar surface area (TPSA) is 152 Å². The summed E-state index contributed by atoms with van der Waals surface area (Å²) in [6.07, 6.45) is 0. The Hall–Kier alpha value is -4.08. The first-order chi connectivity index (χ1) is 14.8. The van der Waals surface area contributed by atoms with Crippen molar-refractivity contribution in [2.45, 2.75) is 19.8 Å². The fourth-order valence-electron chi connectivity index (χ4n) is 3.85. The molecular weight excluding hydrogens is 402 g/mol. The Balaban J connectivity index is 2.03. The molecule has 2 aromatic heterocycles. The maximum Gasteiger partial charge on any atom is 0.342 e. The molecule has 10 heteroatoms. The Labute approximate surface area is 176 Å². The molecule has 4 rings (SSSR count). The normalized spacial score (nSPS) is 14.2. The molecule has 0 saturated heterocycles. The number of hydrogen-bond donors (Lipinski definition) is 4. The quantitative estimate of drug-likeness (QED) is 0.362. The number of aromatic amines is 2. The standard InChI is InChI=1S/C21H21N5O5/c1-4-31-20(28)12-9(2)23-17-14(16(12)22)13(10-5-7-11(30-3)8-6-10)15-18(24-17)25-21(29)26-19(15)27/h5-8,13H,4H2,1-3H3,(H5,22,23,24,25,26,27,29). The third-order valence-electron chi connectivity index (χ3n) is 5.18. The summed E-state index contributed by atoms with van der Waals surface area (Å²) in [5.41, 5.74) is 7.32. The Morgan fingerprint density at radius 3 is 2.52 bits per heavy atom. The summed E-state index contributed by atoms with van der Waals surface area (Å²) < 4.78 is 10.4. The lowest BCUT2D eigenvalue weighted by Crippen LogP contribution is -2.33. The molecule has 3 heterocycles. The number of nitrogens with one attached hydrogen (secondary N) is 3. The van der Waals surface area contributed by atoms with Crippen LogP contribution in [-0.4, -0.2) is 34.6 Å². The number of H-pyrrole nitrogens is 2. The monoisotopic (exact) mass is 423 g/mol. The first kappa shape index (κ1) is 20.2. The molecule has 0 spiro atoms. The Bertz CT molecular complexity index is 1290. The van der Waals surface area contributed by atoms with Crippen molar-refractivity contribution >= 4 is 23.3 Å². The first-order valence-electron chi connectivity index (χ1n) is 9.60. The van der Waals surface area contributed by atoms with Crippen LogP contribution in [0.15, 0.2) is 33.9 Å². The minimum absolute atomic E-state index is 0.144. The van der Waals surface area contributed by atoms with Crippen LogP contribution in [0.4, 0.5) is 17.3 Å². The third kappa shape index (κ3) is 3.31. The number of nitrogen functional groups attached to an aromatic ring is 1. The molecule has 0 aliphatic carbocycles. The van der Waals surface area contributed by atoms with Gasteiger partial charge in [-0.15, -0.1) is 0 Å². The number of aryl methyl sites for hydroxylation is 1. The summed E-state index contributed by atoms with van der Waals surface area (Å²) in [7, 11) is 1.55. The van der Waals surface area contributed by atoms with E-state index in [1.54, 1.807) is 45.2 Å². The number of benzene rings is 1. The SMILES string of the molecule is CCOC(=O)c1c(C)nc2c(c1N)C(c1ccc(OC)cc1)c1c([nH]c(=O)[nH]c1=O)N2. The fraction of sp³-hybridized carbons (Fsp3) is 0.238. The number of carbonyl (C=O) groups is 1. The highest BCUT2D eigenvalue weighted by molar-refractivity contribution is 5.99. The summed E-state index contributed by atoms with van der Waals surface area (Å²) >= 11 is 0. The summed E-state index contributed by atoms with van der Waals surface area (Å²) in [4.78, 5) is 46.6. The van der Waals surface area contributed by atoms with Crippen LogP contribution in [-0.2, 0) is 4.74 Å². The summed E-state index contributed by atoms with van der Waals surface area (Å²) in [5, 5.41) is 2.98. The number of nitrogens with two attached hydrogens (primary N) is 1. The van der Waals surface area contributed by atoms with Gasteiger partial charge in [-0.3, -0.25) is 14.8 Å². The smallest absolute Gasteiger partial charge is 0.342 e. The van der Waals surface area contributed by atoms with Crippen molar-refractivity contribution in [2.24, 2.45) is 0 Å². The highest BCUT2D eigenvalue weighted by Gasteiger charge is 2.36. The molecular formula is C21H21N5O5. The Morgan fingerprint density at radius 2 is 1.87 bits per heavy atom. The number of rotatable bonds is 4. The molecule has 0 amide bonds. The van der Waals surface area contributed by atoms with Crippen molar-refractivity contribution < 1.29 is 14.3 Å². The molecule has 1 aliphatic rings. The molecule has 0 saturated carbocycles. The van der Waals surface area contributed by atoms with Gasteiger partial charge >= 0.3 is 11.7 Å². The maximum absolute atomic E-state index is 12.8. The van der Waals surface area contributed by atoms with Crippen LogP contribution in [0.1, 0.15) is 45.6 Å². The summed E-state index contributed by atoms with van der Waals surface area (Å²) in [5.74, 6) is -0.0907. The molecule has 31 heavy (non-hydrogen) atoms. The fourth-order valence-corrected chi connectivity index (χ4v) is 3.85. The zero-order valence-electron chi connectivity index (χ0n) is 17.2. The van der Waals surface area contributed by atoms with Gasteiger partial charge in [0.05, 0.1) is 30.7 Å².